The van der Waals surface area contributed by atoms with Gasteiger partial charge in [0, 0.05) is 18.8 Å². The second-order valence-electron chi connectivity index (χ2n) is 5.18. The largest absolute Gasteiger partial charge is 0.361 e. The van der Waals surface area contributed by atoms with E-state index in [0.29, 0.717) is 36.1 Å². The van der Waals surface area contributed by atoms with Gasteiger partial charge in [0.2, 0.25) is 11.7 Å². The van der Waals surface area contributed by atoms with Crippen LogP contribution in [0.25, 0.3) is 11.4 Å². The number of hydrogen-bond donors (Lipinski definition) is 0. The lowest BCUT2D eigenvalue weighted by Gasteiger charge is -2.16. The van der Waals surface area contributed by atoms with Crippen LogP contribution >= 0.6 is 0 Å². The van der Waals surface area contributed by atoms with Crippen molar-refractivity contribution in [1.82, 2.24) is 15.3 Å². The fourth-order valence-corrected chi connectivity index (χ4v) is 2.64. The number of carbonyl (C=O) groups excluding carboxylic acids is 1. The normalized spacial score (nSPS) is 16.8. The van der Waals surface area contributed by atoms with E-state index in [1.807, 2.05) is 13.8 Å². The smallest absolute Gasteiger partial charge is 0.230 e. The Labute approximate surface area is 116 Å². The number of carbonyl (C=O) groups is 1. The quantitative estimate of drug-likeness (QED) is 0.856. The minimum absolute atomic E-state index is 0.194. The highest BCUT2D eigenvalue weighted by Crippen LogP contribution is 2.32. The lowest BCUT2D eigenvalue weighted by atomic mass is 9.88. The Balaban J connectivity index is 1.86. The van der Waals surface area contributed by atoms with Crippen molar-refractivity contribution in [2.45, 2.75) is 51.9 Å². The third-order valence-corrected chi connectivity index (χ3v) is 3.83. The topological polar surface area (TPSA) is 82.0 Å². The molecule has 0 aliphatic heterocycles. The number of aromatic nitrogens is 3. The second kappa shape index (κ2) is 5.19. The minimum Gasteiger partial charge on any atom is -0.361 e. The fourth-order valence-electron chi connectivity index (χ4n) is 2.64. The molecule has 1 aliphatic rings. The molecule has 20 heavy (non-hydrogen) atoms. The molecule has 6 nitrogen and oxygen atoms in total. The van der Waals surface area contributed by atoms with Gasteiger partial charge < -0.3 is 9.05 Å². The molecular weight excluding hydrogens is 258 g/mol. The zero-order valence-corrected chi connectivity index (χ0v) is 11.7. The van der Waals surface area contributed by atoms with Gasteiger partial charge >= 0.3 is 0 Å². The summed E-state index contributed by atoms with van der Waals surface area (Å²) in [5.74, 6) is 2.37. The maximum absolute atomic E-state index is 11.3. The number of hydrogen-bond acceptors (Lipinski definition) is 6. The van der Waals surface area contributed by atoms with E-state index in [0.717, 1.165) is 30.5 Å². The van der Waals surface area contributed by atoms with E-state index in [2.05, 4.69) is 15.3 Å². The number of rotatable bonds is 3. The number of aryl methyl sites for hydroxylation is 2. The third kappa shape index (κ3) is 2.26. The van der Waals surface area contributed by atoms with E-state index in [4.69, 9.17) is 9.05 Å². The van der Waals surface area contributed by atoms with Crippen molar-refractivity contribution < 1.29 is 13.8 Å². The first-order valence-corrected chi connectivity index (χ1v) is 6.99. The molecule has 1 fully saturated rings. The Kier molecular flexibility index (Phi) is 3.38. The van der Waals surface area contributed by atoms with Crippen molar-refractivity contribution in [3.8, 4) is 11.4 Å². The summed E-state index contributed by atoms with van der Waals surface area (Å²) in [6, 6.07) is 0. The van der Waals surface area contributed by atoms with Gasteiger partial charge in [-0.1, -0.05) is 17.2 Å². The molecule has 0 saturated heterocycles. The van der Waals surface area contributed by atoms with Crippen molar-refractivity contribution in [1.29, 1.82) is 0 Å². The van der Waals surface area contributed by atoms with E-state index in [1.165, 1.54) is 0 Å². The number of Topliss-reactive ketones (excluding diaryl/α,β-unsaturated/α-hetero) is 1. The van der Waals surface area contributed by atoms with Crippen molar-refractivity contribution in [3.05, 3.63) is 17.3 Å². The van der Waals surface area contributed by atoms with Crippen LogP contribution in [0.1, 0.15) is 55.9 Å². The summed E-state index contributed by atoms with van der Waals surface area (Å²) >= 11 is 0. The molecule has 0 N–H and O–H groups in total. The fraction of sp³-hybridized carbons (Fsp3) is 0.571. The Hall–Kier alpha value is -1.98. The van der Waals surface area contributed by atoms with E-state index in [9.17, 15) is 4.79 Å². The van der Waals surface area contributed by atoms with E-state index < -0.39 is 0 Å². The van der Waals surface area contributed by atoms with Gasteiger partial charge in [0.25, 0.3) is 0 Å². The van der Waals surface area contributed by atoms with E-state index in [1.54, 1.807) is 0 Å². The van der Waals surface area contributed by atoms with Gasteiger partial charge in [0.15, 0.2) is 0 Å². The summed E-state index contributed by atoms with van der Waals surface area (Å²) < 4.78 is 10.6. The lowest BCUT2D eigenvalue weighted by molar-refractivity contribution is -0.120. The summed E-state index contributed by atoms with van der Waals surface area (Å²) in [5, 5.41) is 8.05. The zero-order valence-electron chi connectivity index (χ0n) is 11.7. The Morgan fingerprint density at radius 1 is 1.20 bits per heavy atom. The highest BCUT2D eigenvalue weighted by molar-refractivity contribution is 5.79. The van der Waals surface area contributed by atoms with Gasteiger partial charge in [-0.05, 0) is 26.2 Å². The highest BCUT2D eigenvalue weighted by Gasteiger charge is 2.26. The summed E-state index contributed by atoms with van der Waals surface area (Å²) in [6.45, 7) is 3.85. The van der Waals surface area contributed by atoms with Crippen LogP contribution in [0.4, 0.5) is 0 Å². The molecule has 0 amide bonds. The third-order valence-electron chi connectivity index (χ3n) is 3.83. The van der Waals surface area contributed by atoms with Crippen molar-refractivity contribution in [2.24, 2.45) is 0 Å². The first-order chi connectivity index (χ1) is 9.69. The van der Waals surface area contributed by atoms with Crippen LogP contribution in [0, 0.1) is 6.92 Å². The maximum Gasteiger partial charge on any atom is 0.230 e. The van der Waals surface area contributed by atoms with Crippen molar-refractivity contribution in [2.75, 3.05) is 0 Å². The van der Waals surface area contributed by atoms with Gasteiger partial charge in [0.1, 0.15) is 11.5 Å². The Bertz CT molecular complexity index is 619. The summed E-state index contributed by atoms with van der Waals surface area (Å²) in [4.78, 5) is 15.8. The molecule has 1 aliphatic carbocycles. The predicted octanol–water partition coefficient (Wildman–Crippen LogP) is 2.82. The number of nitrogens with zero attached hydrogens (tertiary/aromatic N) is 3. The zero-order chi connectivity index (χ0) is 14.1. The van der Waals surface area contributed by atoms with Crippen LogP contribution in [-0.4, -0.2) is 21.1 Å². The molecule has 0 unspecified atom stereocenters. The maximum atomic E-state index is 11.3. The molecule has 0 aromatic carbocycles. The van der Waals surface area contributed by atoms with Crippen LogP contribution < -0.4 is 0 Å². The van der Waals surface area contributed by atoms with E-state index in [-0.39, 0.29) is 5.92 Å². The highest BCUT2D eigenvalue weighted by atomic mass is 16.5. The van der Waals surface area contributed by atoms with Gasteiger partial charge in [-0.25, -0.2) is 0 Å². The predicted molar refractivity (Wildman–Crippen MR) is 70.1 cm³/mol. The van der Waals surface area contributed by atoms with Crippen LogP contribution in [-0.2, 0) is 11.2 Å². The van der Waals surface area contributed by atoms with Gasteiger partial charge in [-0.2, -0.15) is 4.98 Å². The molecule has 106 valence electrons. The molecule has 0 radical (unpaired) electrons. The minimum atomic E-state index is 0.194. The van der Waals surface area contributed by atoms with Crippen LogP contribution in [0.3, 0.4) is 0 Å². The lowest BCUT2D eigenvalue weighted by Crippen LogP contribution is -2.12. The molecule has 2 heterocycles. The first kappa shape index (κ1) is 13.0. The standard InChI is InChI=1S/C14H17N3O3/c1-3-11-12(8(2)19-16-11)13-15-14(20-17-13)9-4-6-10(18)7-5-9/h9H,3-7H2,1-2H3. The molecule has 2 aromatic rings. The molecular formula is C14H17N3O3. The first-order valence-electron chi connectivity index (χ1n) is 6.99. The molecule has 0 spiro atoms. The van der Waals surface area contributed by atoms with Gasteiger partial charge in [0.05, 0.1) is 11.3 Å². The van der Waals surface area contributed by atoms with Crippen LogP contribution in [0.2, 0.25) is 0 Å². The summed E-state index contributed by atoms with van der Waals surface area (Å²) in [7, 11) is 0. The van der Waals surface area contributed by atoms with Crippen LogP contribution in [0.5, 0.6) is 0 Å². The van der Waals surface area contributed by atoms with E-state index >= 15 is 0 Å². The second-order valence-corrected chi connectivity index (χ2v) is 5.18. The van der Waals surface area contributed by atoms with Crippen molar-refractivity contribution in [3.63, 3.8) is 0 Å². The Morgan fingerprint density at radius 2 is 1.95 bits per heavy atom. The molecule has 3 rings (SSSR count). The SMILES string of the molecule is CCc1noc(C)c1-c1noc(C2CCC(=O)CC2)n1. The Morgan fingerprint density at radius 3 is 2.65 bits per heavy atom. The molecule has 2 aromatic heterocycles. The summed E-state index contributed by atoms with van der Waals surface area (Å²) in [5.41, 5.74) is 1.67. The molecule has 0 atom stereocenters. The van der Waals surface area contributed by atoms with Crippen LogP contribution in [0.15, 0.2) is 9.05 Å². The van der Waals surface area contributed by atoms with Crippen molar-refractivity contribution >= 4 is 5.78 Å². The average Bonchev–Trinajstić information content (AvgIpc) is 3.05. The molecule has 6 heteroatoms. The van der Waals surface area contributed by atoms with Gasteiger partial charge in [-0.3, -0.25) is 4.79 Å². The monoisotopic (exact) mass is 275 g/mol. The molecule has 0 bridgehead atoms. The van der Waals surface area contributed by atoms with Gasteiger partial charge in [-0.15, -0.1) is 0 Å². The molecule has 1 saturated carbocycles. The summed E-state index contributed by atoms with van der Waals surface area (Å²) in [6.07, 6.45) is 3.56. The average molecular weight is 275 g/mol. The number of ketones is 1.